The molecule has 23 heavy (non-hydrogen) atoms. The molecule has 1 aliphatic rings. The summed E-state index contributed by atoms with van der Waals surface area (Å²) in [5, 5.41) is 18.5. The number of hydrogen-bond acceptors (Lipinski definition) is 6. The lowest BCUT2D eigenvalue weighted by molar-refractivity contribution is 0.793. The summed E-state index contributed by atoms with van der Waals surface area (Å²) < 4.78 is 0. The highest BCUT2D eigenvalue weighted by molar-refractivity contribution is 5.60. The highest BCUT2D eigenvalue weighted by Gasteiger charge is 2.20. The van der Waals surface area contributed by atoms with Crippen LogP contribution in [-0.2, 0) is 0 Å². The molecule has 2 aromatic rings. The van der Waals surface area contributed by atoms with Gasteiger partial charge in [-0.25, -0.2) is 9.97 Å². The molecule has 0 spiro atoms. The largest absolute Gasteiger partial charge is 0.369 e. The summed E-state index contributed by atoms with van der Waals surface area (Å²) in [7, 11) is 0. The van der Waals surface area contributed by atoms with Gasteiger partial charge in [-0.15, -0.1) is 0 Å². The van der Waals surface area contributed by atoms with Gasteiger partial charge in [-0.1, -0.05) is 12.1 Å². The maximum absolute atomic E-state index is 9.28. The number of benzene rings is 1. The Labute approximate surface area is 135 Å². The zero-order chi connectivity index (χ0) is 16.1. The third kappa shape index (κ3) is 3.07. The molecule has 1 saturated heterocycles. The Kier molecular flexibility index (Phi) is 4.35. The maximum Gasteiger partial charge on any atom is 0.183 e. The van der Waals surface area contributed by atoms with Gasteiger partial charge in [-0.2, -0.15) is 10.5 Å². The molecule has 0 amide bonds. The summed E-state index contributed by atoms with van der Waals surface area (Å²) >= 11 is 0. The molecule has 0 atom stereocenters. The lowest BCUT2D eigenvalue weighted by Gasteiger charge is -2.25. The third-order valence-corrected chi connectivity index (χ3v) is 3.95. The van der Waals surface area contributed by atoms with Crippen LogP contribution in [0.5, 0.6) is 0 Å². The van der Waals surface area contributed by atoms with Gasteiger partial charge in [0.1, 0.15) is 12.1 Å². The Bertz CT molecular complexity index is 708. The number of para-hydroxylation sites is 1. The average molecular weight is 304 g/mol. The van der Waals surface area contributed by atoms with Crippen molar-refractivity contribution in [3.8, 4) is 12.1 Å². The van der Waals surface area contributed by atoms with E-state index in [1.807, 2.05) is 24.3 Å². The van der Waals surface area contributed by atoms with Crippen molar-refractivity contribution in [2.75, 3.05) is 36.0 Å². The SMILES string of the molecule is N#Cc1ccccc1N1CCCN(c2nccnc2C#N)CC1. The molecular weight excluding hydrogens is 288 g/mol. The lowest BCUT2D eigenvalue weighted by atomic mass is 10.1. The highest BCUT2D eigenvalue weighted by atomic mass is 15.3. The summed E-state index contributed by atoms with van der Waals surface area (Å²) in [6, 6.07) is 12.0. The number of nitriles is 2. The van der Waals surface area contributed by atoms with Crippen molar-refractivity contribution in [1.82, 2.24) is 9.97 Å². The minimum absolute atomic E-state index is 0.360. The Morgan fingerprint density at radius 2 is 1.61 bits per heavy atom. The predicted octanol–water partition coefficient (Wildman–Crippen LogP) is 1.94. The fraction of sp³-hybridized carbons (Fsp3) is 0.294. The van der Waals surface area contributed by atoms with Crippen molar-refractivity contribution < 1.29 is 0 Å². The zero-order valence-corrected chi connectivity index (χ0v) is 12.7. The molecule has 1 aliphatic heterocycles. The van der Waals surface area contributed by atoms with Crippen LogP contribution in [0, 0.1) is 22.7 Å². The van der Waals surface area contributed by atoms with Crippen molar-refractivity contribution in [1.29, 1.82) is 10.5 Å². The Morgan fingerprint density at radius 1 is 0.870 bits per heavy atom. The summed E-state index contributed by atoms with van der Waals surface area (Å²) in [4.78, 5) is 12.7. The van der Waals surface area contributed by atoms with Crippen molar-refractivity contribution in [2.45, 2.75) is 6.42 Å². The Morgan fingerprint density at radius 3 is 2.43 bits per heavy atom. The average Bonchev–Trinajstić information content (AvgIpc) is 2.87. The second kappa shape index (κ2) is 6.76. The van der Waals surface area contributed by atoms with Gasteiger partial charge >= 0.3 is 0 Å². The molecule has 6 heteroatoms. The second-order valence-corrected chi connectivity index (χ2v) is 5.30. The standard InChI is InChI=1S/C17H16N6/c18-12-14-4-1-2-5-16(14)22-8-3-9-23(11-10-22)17-15(13-19)20-6-7-21-17/h1-2,4-7H,3,8-11H2. The van der Waals surface area contributed by atoms with Gasteiger partial charge in [0.15, 0.2) is 11.5 Å². The van der Waals surface area contributed by atoms with E-state index in [4.69, 9.17) is 0 Å². The second-order valence-electron chi connectivity index (χ2n) is 5.30. The van der Waals surface area contributed by atoms with Gasteiger partial charge in [-0.05, 0) is 18.6 Å². The molecule has 3 rings (SSSR count). The third-order valence-electron chi connectivity index (χ3n) is 3.95. The monoisotopic (exact) mass is 304 g/mol. The van der Waals surface area contributed by atoms with Crippen LogP contribution in [0.25, 0.3) is 0 Å². The van der Waals surface area contributed by atoms with Gasteiger partial charge in [0.05, 0.1) is 11.3 Å². The fourth-order valence-corrected chi connectivity index (χ4v) is 2.86. The molecule has 6 nitrogen and oxygen atoms in total. The van der Waals surface area contributed by atoms with E-state index in [0.717, 1.165) is 38.3 Å². The quantitative estimate of drug-likeness (QED) is 0.843. The number of nitrogens with zero attached hydrogens (tertiary/aromatic N) is 6. The minimum Gasteiger partial charge on any atom is -0.369 e. The topological polar surface area (TPSA) is 79.8 Å². The minimum atomic E-state index is 0.360. The molecule has 0 radical (unpaired) electrons. The van der Waals surface area contributed by atoms with E-state index in [-0.39, 0.29) is 0 Å². The van der Waals surface area contributed by atoms with Crippen molar-refractivity contribution in [2.24, 2.45) is 0 Å². The van der Waals surface area contributed by atoms with Crippen LogP contribution in [0.3, 0.4) is 0 Å². The van der Waals surface area contributed by atoms with Crippen molar-refractivity contribution in [3.63, 3.8) is 0 Å². The van der Waals surface area contributed by atoms with E-state index in [1.165, 1.54) is 6.20 Å². The summed E-state index contributed by atoms with van der Waals surface area (Å²) in [5.41, 5.74) is 2.02. The summed E-state index contributed by atoms with van der Waals surface area (Å²) in [6.45, 7) is 3.21. The van der Waals surface area contributed by atoms with Crippen LogP contribution >= 0.6 is 0 Å². The summed E-state index contributed by atoms with van der Waals surface area (Å²) in [5.74, 6) is 0.644. The van der Waals surface area contributed by atoms with Crippen LogP contribution < -0.4 is 9.80 Å². The Balaban J connectivity index is 1.80. The first-order valence-electron chi connectivity index (χ1n) is 7.53. The molecule has 1 aromatic carbocycles. The normalized spacial score (nSPS) is 14.7. The molecule has 0 saturated carbocycles. The smallest absolute Gasteiger partial charge is 0.183 e. The molecule has 114 valence electrons. The van der Waals surface area contributed by atoms with Crippen molar-refractivity contribution in [3.05, 3.63) is 47.9 Å². The van der Waals surface area contributed by atoms with Crippen molar-refractivity contribution >= 4 is 11.5 Å². The van der Waals surface area contributed by atoms with Gasteiger partial charge in [0.2, 0.25) is 0 Å². The molecular formula is C17H16N6. The van der Waals surface area contributed by atoms with E-state index in [1.54, 1.807) is 6.20 Å². The predicted molar refractivity (Wildman–Crippen MR) is 86.9 cm³/mol. The molecule has 0 bridgehead atoms. The first-order valence-corrected chi connectivity index (χ1v) is 7.53. The summed E-state index contributed by atoms with van der Waals surface area (Å²) in [6.07, 6.45) is 4.08. The van der Waals surface area contributed by atoms with Crippen LogP contribution in [-0.4, -0.2) is 36.1 Å². The maximum atomic E-state index is 9.28. The zero-order valence-electron chi connectivity index (χ0n) is 12.7. The number of aromatic nitrogens is 2. The molecule has 0 aliphatic carbocycles. The molecule has 0 N–H and O–H groups in total. The molecule has 2 heterocycles. The fourth-order valence-electron chi connectivity index (χ4n) is 2.86. The van der Waals surface area contributed by atoms with Crippen LogP contribution in [0.4, 0.5) is 11.5 Å². The molecule has 1 fully saturated rings. The lowest BCUT2D eigenvalue weighted by Crippen LogP contribution is -2.32. The van der Waals surface area contributed by atoms with E-state index in [9.17, 15) is 10.5 Å². The van der Waals surface area contributed by atoms with E-state index in [2.05, 4.69) is 31.9 Å². The van der Waals surface area contributed by atoms with E-state index in [0.29, 0.717) is 17.1 Å². The van der Waals surface area contributed by atoms with Gasteiger partial charge in [0, 0.05) is 38.6 Å². The van der Waals surface area contributed by atoms with Gasteiger partial charge in [-0.3, -0.25) is 0 Å². The molecule has 0 unspecified atom stereocenters. The number of rotatable bonds is 2. The first kappa shape index (κ1) is 14.8. The molecule has 1 aromatic heterocycles. The highest BCUT2D eigenvalue weighted by Crippen LogP contribution is 2.23. The number of hydrogen-bond donors (Lipinski definition) is 0. The van der Waals surface area contributed by atoms with Crippen LogP contribution in [0.1, 0.15) is 17.7 Å². The van der Waals surface area contributed by atoms with Gasteiger partial charge in [0.25, 0.3) is 0 Å². The first-order chi connectivity index (χ1) is 11.3. The van der Waals surface area contributed by atoms with E-state index >= 15 is 0 Å². The van der Waals surface area contributed by atoms with E-state index < -0.39 is 0 Å². The van der Waals surface area contributed by atoms with Gasteiger partial charge < -0.3 is 9.80 Å². The van der Waals surface area contributed by atoms with Crippen LogP contribution in [0.15, 0.2) is 36.7 Å². The Hall–Kier alpha value is -3.12. The van der Waals surface area contributed by atoms with Crippen LogP contribution in [0.2, 0.25) is 0 Å². The number of anilines is 2.